The van der Waals surface area contributed by atoms with Gasteiger partial charge in [-0.1, -0.05) is 218 Å². The molecule has 62 heavy (non-hydrogen) atoms. The van der Waals surface area contributed by atoms with E-state index in [2.05, 4.69) is 241 Å². The van der Waals surface area contributed by atoms with Crippen LogP contribution in [0.4, 0.5) is 22.7 Å². The lowest BCUT2D eigenvalue weighted by atomic mass is 9.81. The van der Waals surface area contributed by atoms with E-state index in [1.54, 1.807) is 0 Å². The zero-order chi connectivity index (χ0) is 41.0. The van der Waals surface area contributed by atoms with Crippen molar-refractivity contribution in [3.8, 4) is 33.4 Å². The molecule has 0 aliphatic carbocycles. The third kappa shape index (κ3) is 5.80. The minimum atomic E-state index is 1.08. The third-order valence-corrected chi connectivity index (χ3v) is 12.6. The number of nitrogens with one attached hydrogen (secondary N) is 2. The molecule has 0 saturated heterocycles. The van der Waals surface area contributed by atoms with E-state index < -0.39 is 0 Å². The van der Waals surface area contributed by atoms with Crippen LogP contribution in [0.2, 0.25) is 0 Å². The molecule has 0 fully saturated rings. The van der Waals surface area contributed by atoms with Gasteiger partial charge in [0.1, 0.15) is 0 Å². The lowest BCUT2D eigenvalue weighted by molar-refractivity contribution is 1.61. The van der Waals surface area contributed by atoms with Gasteiger partial charge in [-0.25, -0.2) is 0 Å². The van der Waals surface area contributed by atoms with E-state index in [0.717, 1.165) is 22.7 Å². The van der Waals surface area contributed by atoms with E-state index in [4.69, 9.17) is 0 Å². The highest BCUT2D eigenvalue weighted by molar-refractivity contribution is 6.33. The van der Waals surface area contributed by atoms with Crippen LogP contribution in [0.1, 0.15) is 0 Å². The van der Waals surface area contributed by atoms with E-state index in [9.17, 15) is 0 Å². The molecule has 0 aliphatic heterocycles. The van der Waals surface area contributed by atoms with Crippen molar-refractivity contribution in [1.29, 1.82) is 0 Å². The molecule has 0 radical (unpaired) electrons. The second-order valence-corrected chi connectivity index (χ2v) is 16.1. The van der Waals surface area contributed by atoms with Gasteiger partial charge >= 0.3 is 0 Å². The molecule has 12 rings (SSSR count). The third-order valence-electron chi connectivity index (χ3n) is 12.6. The predicted octanol–water partition coefficient (Wildman–Crippen LogP) is 17.1. The second kappa shape index (κ2) is 14.8. The fraction of sp³-hybridized carbons (Fsp3) is 0. The molecule has 0 unspecified atom stereocenters. The summed E-state index contributed by atoms with van der Waals surface area (Å²) in [4.78, 5) is 0. The molecule has 0 bridgehead atoms. The fourth-order valence-electron chi connectivity index (χ4n) is 9.90. The monoisotopic (exact) mass is 788 g/mol. The number of rotatable bonds is 7. The zero-order valence-corrected chi connectivity index (χ0v) is 33.9. The molecular formula is C60H40N2. The van der Waals surface area contributed by atoms with Gasteiger partial charge in [0.05, 0.1) is 11.4 Å². The number of anilines is 4. The molecule has 2 heteroatoms. The van der Waals surface area contributed by atoms with Crippen LogP contribution in [0.5, 0.6) is 0 Å². The summed E-state index contributed by atoms with van der Waals surface area (Å²) in [6, 6.07) is 83.8. The van der Waals surface area contributed by atoms with Gasteiger partial charge in [-0.3, -0.25) is 0 Å². The molecule has 2 N–H and O–H groups in total. The smallest absolute Gasteiger partial charge is 0.0544 e. The highest BCUT2D eigenvalue weighted by atomic mass is 14.9. The molecule has 0 aromatic heterocycles. The Balaban J connectivity index is 1.26. The normalized spacial score (nSPS) is 11.5. The Labute approximate surface area is 360 Å². The Morgan fingerprint density at radius 2 is 0.548 bits per heavy atom. The Kier molecular flexibility index (Phi) is 8.53. The SMILES string of the molecule is c1ccc(-c2cccc3c(Nc4cccc5ccccc45)c4ccccc4c(-c4c5ccccc5c(Nc5cccc6ccccc56)c5cccc(-c6ccccc6)c45)c23)cc1. The summed E-state index contributed by atoms with van der Waals surface area (Å²) >= 11 is 0. The highest BCUT2D eigenvalue weighted by Crippen LogP contribution is 2.53. The van der Waals surface area contributed by atoms with Crippen molar-refractivity contribution in [1.82, 2.24) is 0 Å². The van der Waals surface area contributed by atoms with Gasteiger partial charge in [0.15, 0.2) is 0 Å². The minimum absolute atomic E-state index is 1.08. The molecule has 0 atom stereocenters. The van der Waals surface area contributed by atoms with Gasteiger partial charge in [-0.2, -0.15) is 0 Å². The molecule has 290 valence electrons. The lowest BCUT2D eigenvalue weighted by Gasteiger charge is -2.25. The molecule has 0 heterocycles. The van der Waals surface area contributed by atoms with Crippen LogP contribution in [0, 0.1) is 0 Å². The number of hydrogen-bond acceptors (Lipinski definition) is 2. The first-order chi connectivity index (χ1) is 30.8. The van der Waals surface area contributed by atoms with Gasteiger partial charge in [0.2, 0.25) is 0 Å². The van der Waals surface area contributed by atoms with E-state index in [0.29, 0.717) is 0 Å². The molecule has 0 spiro atoms. The van der Waals surface area contributed by atoms with Gasteiger partial charge in [0, 0.05) is 54.5 Å². The summed E-state index contributed by atoms with van der Waals surface area (Å²) in [6.45, 7) is 0. The minimum Gasteiger partial charge on any atom is -0.354 e. The summed E-state index contributed by atoms with van der Waals surface area (Å²) < 4.78 is 0. The van der Waals surface area contributed by atoms with E-state index >= 15 is 0 Å². The van der Waals surface area contributed by atoms with Crippen molar-refractivity contribution >= 4 is 87.4 Å². The van der Waals surface area contributed by atoms with Crippen LogP contribution < -0.4 is 10.6 Å². The van der Waals surface area contributed by atoms with Crippen molar-refractivity contribution in [3.05, 3.63) is 231 Å². The molecule has 0 saturated carbocycles. The molecule has 12 aromatic rings. The first kappa shape index (κ1) is 35.7. The van der Waals surface area contributed by atoms with E-state index in [1.165, 1.54) is 98.0 Å². The van der Waals surface area contributed by atoms with Crippen LogP contribution in [-0.4, -0.2) is 0 Å². The Morgan fingerprint density at radius 3 is 0.984 bits per heavy atom. The highest BCUT2D eigenvalue weighted by Gasteiger charge is 2.25. The molecule has 0 aliphatic rings. The van der Waals surface area contributed by atoms with Crippen molar-refractivity contribution in [2.24, 2.45) is 0 Å². The van der Waals surface area contributed by atoms with Gasteiger partial charge in [-0.05, 0) is 67.1 Å². The largest absolute Gasteiger partial charge is 0.354 e. The first-order valence-electron chi connectivity index (χ1n) is 21.4. The van der Waals surface area contributed by atoms with E-state index in [-0.39, 0.29) is 0 Å². The van der Waals surface area contributed by atoms with Gasteiger partial charge in [0.25, 0.3) is 0 Å². The zero-order valence-electron chi connectivity index (χ0n) is 33.9. The van der Waals surface area contributed by atoms with E-state index in [1.807, 2.05) is 0 Å². The number of benzene rings is 12. The molecule has 12 aromatic carbocycles. The molecular weight excluding hydrogens is 749 g/mol. The van der Waals surface area contributed by atoms with Crippen LogP contribution >= 0.6 is 0 Å². The van der Waals surface area contributed by atoms with Crippen LogP contribution in [-0.2, 0) is 0 Å². The average Bonchev–Trinajstić information content (AvgIpc) is 3.34. The van der Waals surface area contributed by atoms with Gasteiger partial charge in [-0.15, -0.1) is 0 Å². The predicted molar refractivity (Wildman–Crippen MR) is 267 cm³/mol. The van der Waals surface area contributed by atoms with Crippen LogP contribution in [0.3, 0.4) is 0 Å². The van der Waals surface area contributed by atoms with Crippen molar-refractivity contribution in [3.63, 3.8) is 0 Å². The lowest BCUT2D eigenvalue weighted by Crippen LogP contribution is -2.00. The fourth-order valence-corrected chi connectivity index (χ4v) is 9.90. The summed E-state index contributed by atoms with van der Waals surface area (Å²) in [5.41, 5.74) is 11.5. The maximum absolute atomic E-state index is 4.04. The summed E-state index contributed by atoms with van der Waals surface area (Å²) in [5, 5.41) is 22.3. The first-order valence-corrected chi connectivity index (χ1v) is 21.4. The van der Waals surface area contributed by atoms with Crippen molar-refractivity contribution < 1.29 is 0 Å². The quantitative estimate of drug-likeness (QED) is 0.157. The summed E-state index contributed by atoms with van der Waals surface area (Å²) in [7, 11) is 0. The van der Waals surface area contributed by atoms with Crippen molar-refractivity contribution in [2.45, 2.75) is 0 Å². The van der Waals surface area contributed by atoms with Crippen LogP contribution in [0.25, 0.3) is 98.0 Å². The summed E-state index contributed by atoms with van der Waals surface area (Å²) in [6.07, 6.45) is 0. The maximum Gasteiger partial charge on any atom is 0.0544 e. The van der Waals surface area contributed by atoms with Crippen molar-refractivity contribution in [2.75, 3.05) is 10.6 Å². The summed E-state index contributed by atoms with van der Waals surface area (Å²) in [5.74, 6) is 0. The maximum atomic E-state index is 4.04. The second-order valence-electron chi connectivity index (χ2n) is 16.1. The number of fused-ring (bicyclic) bond motifs is 6. The topological polar surface area (TPSA) is 24.1 Å². The Hall–Kier alpha value is -8.20. The number of hydrogen-bond donors (Lipinski definition) is 2. The molecule has 2 nitrogen and oxygen atoms in total. The Morgan fingerprint density at radius 1 is 0.226 bits per heavy atom. The Bertz CT molecular complexity index is 3430. The standard InChI is InChI=1S/C60H40N2/c1-3-19-41(20-4-1)45-33-17-35-51-55(45)57(47-29-11-13-31-49(47)59(51)61-53-37-15-25-39-23-7-9-27-43(39)53)58-48-30-12-14-32-50(48)60(62-54-38-16-26-40-24-8-10-28-44(40)54)52-36-18-34-46(56(52)58)42-21-5-2-6-22-42/h1-38,61-62H. The van der Waals surface area contributed by atoms with Crippen LogP contribution in [0.15, 0.2) is 231 Å². The molecule has 0 amide bonds. The average molecular weight is 789 g/mol. The van der Waals surface area contributed by atoms with Gasteiger partial charge < -0.3 is 10.6 Å².